The number of hydrogen-bond acceptors (Lipinski definition) is 3. The van der Waals surface area contributed by atoms with Crippen molar-refractivity contribution in [1.29, 1.82) is 0 Å². The number of hydrogen-bond donors (Lipinski definition) is 1. The van der Waals surface area contributed by atoms with Crippen molar-refractivity contribution in [2.24, 2.45) is 0 Å². The lowest BCUT2D eigenvalue weighted by Crippen LogP contribution is -2.09. The predicted molar refractivity (Wildman–Crippen MR) is 80.3 cm³/mol. The van der Waals surface area contributed by atoms with Gasteiger partial charge in [0.1, 0.15) is 0 Å². The minimum Gasteiger partial charge on any atom is -0.465 e. The van der Waals surface area contributed by atoms with Crippen LogP contribution < -0.4 is 5.73 Å². The molecule has 2 aromatic rings. The van der Waals surface area contributed by atoms with Gasteiger partial charge < -0.3 is 10.5 Å². The Kier molecular flexibility index (Phi) is 5.18. The van der Waals surface area contributed by atoms with Crippen LogP contribution in [0.5, 0.6) is 0 Å². The summed E-state index contributed by atoms with van der Waals surface area (Å²) in [6.45, 7) is 0.454. The Bertz CT molecular complexity index is 552. The van der Waals surface area contributed by atoms with Gasteiger partial charge in [0, 0.05) is 5.69 Å². The summed E-state index contributed by atoms with van der Waals surface area (Å²) < 4.78 is 5.23. The Labute approximate surface area is 119 Å². The number of carbonyl (C=O) groups is 1. The van der Waals surface area contributed by atoms with Gasteiger partial charge in [-0.3, -0.25) is 4.79 Å². The van der Waals surface area contributed by atoms with Crippen LogP contribution in [0.1, 0.15) is 17.5 Å². The topological polar surface area (TPSA) is 52.3 Å². The summed E-state index contributed by atoms with van der Waals surface area (Å²) in [5.74, 6) is -0.205. The zero-order valence-corrected chi connectivity index (χ0v) is 11.4. The van der Waals surface area contributed by atoms with E-state index in [4.69, 9.17) is 10.5 Å². The van der Waals surface area contributed by atoms with E-state index < -0.39 is 0 Å². The highest BCUT2D eigenvalue weighted by molar-refractivity contribution is 5.73. The van der Waals surface area contributed by atoms with E-state index in [1.165, 1.54) is 5.56 Å². The molecule has 0 amide bonds. The smallest absolute Gasteiger partial charge is 0.310 e. The SMILES string of the molecule is Nc1cccc(CC(=O)OCCCc2ccccc2)c1. The van der Waals surface area contributed by atoms with Crippen molar-refractivity contribution >= 4 is 11.7 Å². The number of anilines is 1. The van der Waals surface area contributed by atoms with Gasteiger partial charge in [0.15, 0.2) is 0 Å². The molecule has 2 aromatic carbocycles. The van der Waals surface area contributed by atoms with Gasteiger partial charge in [-0.25, -0.2) is 0 Å². The molecule has 0 aliphatic heterocycles. The second-order valence-electron chi connectivity index (χ2n) is 4.73. The van der Waals surface area contributed by atoms with Crippen LogP contribution in [0.2, 0.25) is 0 Å². The third-order valence-electron chi connectivity index (χ3n) is 3.02. The molecule has 3 nitrogen and oxygen atoms in total. The summed E-state index contributed by atoms with van der Waals surface area (Å²) in [6.07, 6.45) is 2.04. The van der Waals surface area contributed by atoms with E-state index in [1.54, 1.807) is 12.1 Å². The predicted octanol–water partition coefficient (Wildman–Crippen LogP) is 2.99. The number of ether oxygens (including phenoxy) is 1. The zero-order valence-electron chi connectivity index (χ0n) is 11.4. The number of carbonyl (C=O) groups excluding carboxylic acids is 1. The first kappa shape index (κ1) is 14.1. The van der Waals surface area contributed by atoms with Gasteiger partial charge in [-0.05, 0) is 36.1 Å². The highest BCUT2D eigenvalue weighted by Gasteiger charge is 2.04. The molecule has 0 saturated carbocycles. The van der Waals surface area contributed by atoms with Gasteiger partial charge in [0.2, 0.25) is 0 Å². The number of nitrogens with two attached hydrogens (primary N) is 1. The molecule has 0 aliphatic rings. The van der Waals surface area contributed by atoms with Crippen LogP contribution in [-0.2, 0) is 22.4 Å². The monoisotopic (exact) mass is 269 g/mol. The van der Waals surface area contributed by atoms with Crippen LogP contribution in [0.4, 0.5) is 5.69 Å². The Balaban J connectivity index is 1.68. The number of nitrogen functional groups attached to an aromatic ring is 1. The molecule has 0 heterocycles. The van der Waals surface area contributed by atoms with Crippen LogP contribution in [0, 0.1) is 0 Å². The molecule has 0 atom stereocenters. The molecule has 2 N–H and O–H groups in total. The van der Waals surface area contributed by atoms with E-state index in [0.717, 1.165) is 18.4 Å². The minimum atomic E-state index is -0.205. The third-order valence-corrected chi connectivity index (χ3v) is 3.02. The Morgan fingerprint density at radius 1 is 1.00 bits per heavy atom. The Morgan fingerprint density at radius 3 is 2.50 bits per heavy atom. The molecular weight excluding hydrogens is 250 g/mol. The number of rotatable bonds is 6. The maximum atomic E-state index is 11.7. The lowest BCUT2D eigenvalue weighted by atomic mass is 10.1. The first-order valence-corrected chi connectivity index (χ1v) is 6.78. The normalized spacial score (nSPS) is 10.2. The lowest BCUT2D eigenvalue weighted by molar-refractivity contribution is -0.142. The summed E-state index contributed by atoms with van der Waals surface area (Å²) in [4.78, 5) is 11.7. The van der Waals surface area contributed by atoms with Gasteiger partial charge >= 0.3 is 5.97 Å². The minimum absolute atomic E-state index is 0.205. The molecule has 0 radical (unpaired) electrons. The van der Waals surface area contributed by atoms with E-state index in [2.05, 4.69) is 12.1 Å². The summed E-state index contributed by atoms with van der Waals surface area (Å²) in [5.41, 5.74) is 8.48. The molecule has 0 unspecified atom stereocenters. The second-order valence-corrected chi connectivity index (χ2v) is 4.73. The summed E-state index contributed by atoms with van der Waals surface area (Å²) >= 11 is 0. The number of aryl methyl sites for hydroxylation is 1. The molecule has 0 aliphatic carbocycles. The van der Waals surface area contributed by atoms with Crippen molar-refractivity contribution in [2.75, 3.05) is 12.3 Å². The van der Waals surface area contributed by atoms with Crippen molar-refractivity contribution in [1.82, 2.24) is 0 Å². The number of benzene rings is 2. The van der Waals surface area contributed by atoms with E-state index in [1.807, 2.05) is 30.3 Å². The molecule has 2 rings (SSSR count). The average Bonchev–Trinajstić information content (AvgIpc) is 2.45. The summed E-state index contributed by atoms with van der Waals surface area (Å²) in [7, 11) is 0. The Morgan fingerprint density at radius 2 is 1.75 bits per heavy atom. The fourth-order valence-electron chi connectivity index (χ4n) is 2.03. The van der Waals surface area contributed by atoms with Gasteiger partial charge in [-0.2, -0.15) is 0 Å². The second kappa shape index (κ2) is 7.34. The molecule has 104 valence electrons. The molecule has 0 bridgehead atoms. The molecule has 20 heavy (non-hydrogen) atoms. The molecular formula is C17H19NO2. The maximum Gasteiger partial charge on any atom is 0.310 e. The van der Waals surface area contributed by atoms with Crippen LogP contribution in [-0.4, -0.2) is 12.6 Å². The Hall–Kier alpha value is -2.29. The van der Waals surface area contributed by atoms with Crippen LogP contribution >= 0.6 is 0 Å². The zero-order chi connectivity index (χ0) is 14.2. The van der Waals surface area contributed by atoms with Gasteiger partial charge in [-0.15, -0.1) is 0 Å². The van der Waals surface area contributed by atoms with Crippen LogP contribution in [0.3, 0.4) is 0 Å². The standard InChI is InChI=1S/C17H19NO2/c18-16-10-4-8-15(12-16)13-17(19)20-11-5-9-14-6-2-1-3-7-14/h1-4,6-8,10,12H,5,9,11,13,18H2. The molecule has 3 heteroatoms. The van der Waals surface area contributed by atoms with Gasteiger partial charge in [0.05, 0.1) is 13.0 Å². The van der Waals surface area contributed by atoms with E-state index in [0.29, 0.717) is 12.3 Å². The van der Waals surface area contributed by atoms with Crippen molar-refractivity contribution in [3.63, 3.8) is 0 Å². The van der Waals surface area contributed by atoms with E-state index >= 15 is 0 Å². The van der Waals surface area contributed by atoms with Gasteiger partial charge in [-0.1, -0.05) is 42.5 Å². The van der Waals surface area contributed by atoms with E-state index in [-0.39, 0.29) is 12.4 Å². The van der Waals surface area contributed by atoms with Crippen LogP contribution in [0.25, 0.3) is 0 Å². The third kappa shape index (κ3) is 4.76. The van der Waals surface area contributed by atoms with Crippen molar-refractivity contribution in [3.05, 3.63) is 65.7 Å². The van der Waals surface area contributed by atoms with Crippen molar-refractivity contribution < 1.29 is 9.53 Å². The summed E-state index contributed by atoms with van der Waals surface area (Å²) in [5, 5.41) is 0. The molecule has 0 fully saturated rings. The molecule has 0 spiro atoms. The highest BCUT2D eigenvalue weighted by atomic mass is 16.5. The van der Waals surface area contributed by atoms with Crippen molar-refractivity contribution in [2.45, 2.75) is 19.3 Å². The fraction of sp³-hybridized carbons (Fsp3) is 0.235. The fourth-order valence-corrected chi connectivity index (χ4v) is 2.03. The summed E-state index contributed by atoms with van der Waals surface area (Å²) in [6, 6.07) is 17.5. The van der Waals surface area contributed by atoms with Crippen molar-refractivity contribution in [3.8, 4) is 0 Å². The quantitative estimate of drug-likeness (QED) is 0.498. The lowest BCUT2D eigenvalue weighted by Gasteiger charge is -2.05. The first-order chi connectivity index (χ1) is 9.74. The maximum absolute atomic E-state index is 11.7. The van der Waals surface area contributed by atoms with E-state index in [9.17, 15) is 4.79 Å². The number of esters is 1. The molecule has 0 saturated heterocycles. The van der Waals surface area contributed by atoms with Crippen LogP contribution in [0.15, 0.2) is 54.6 Å². The van der Waals surface area contributed by atoms with Gasteiger partial charge in [0.25, 0.3) is 0 Å². The first-order valence-electron chi connectivity index (χ1n) is 6.78. The average molecular weight is 269 g/mol. The largest absolute Gasteiger partial charge is 0.465 e. The molecule has 0 aromatic heterocycles. The highest BCUT2D eigenvalue weighted by Crippen LogP contribution is 2.08.